The average Bonchev–Trinajstić information content (AvgIpc) is 2.67. The molecule has 3 aromatic rings. The number of carbonyl (C=O) groups excluding carboxylic acids is 1. The molecule has 3 nitrogen and oxygen atoms in total. The number of benzene rings is 3. The van der Waals surface area contributed by atoms with Gasteiger partial charge in [0.2, 0.25) is 5.91 Å². The number of carbonyl (C=O) groups is 1. The van der Waals surface area contributed by atoms with Gasteiger partial charge < -0.3 is 9.64 Å². The van der Waals surface area contributed by atoms with E-state index in [4.69, 9.17) is 4.74 Å². The molecule has 25 heavy (non-hydrogen) atoms. The Bertz CT molecular complexity index is 816. The second kappa shape index (κ2) is 8.15. The molecule has 0 spiro atoms. The quantitative estimate of drug-likeness (QED) is 0.667. The van der Waals surface area contributed by atoms with Crippen molar-refractivity contribution in [2.45, 2.75) is 13.0 Å². The van der Waals surface area contributed by atoms with Gasteiger partial charge in [-0.25, -0.2) is 0 Å². The molecule has 0 aliphatic heterocycles. The van der Waals surface area contributed by atoms with Crippen LogP contribution >= 0.6 is 0 Å². The molecule has 1 amide bonds. The van der Waals surface area contributed by atoms with Crippen LogP contribution in [0.5, 0.6) is 5.75 Å². The molecule has 0 radical (unpaired) electrons. The van der Waals surface area contributed by atoms with E-state index < -0.39 is 0 Å². The fourth-order valence-electron chi connectivity index (χ4n) is 2.75. The maximum atomic E-state index is 13.0. The molecular formula is C22H21NO2. The van der Waals surface area contributed by atoms with Crippen molar-refractivity contribution in [3.05, 3.63) is 96.1 Å². The molecule has 126 valence electrons. The van der Waals surface area contributed by atoms with Crippen molar-refractivity contribution in [1.29, 1.82) is 0 Å². The first-order chi connectivity index (χ1) is 12.3. The van der Waals surface area contributed by atoms with Crippen LogP contribution in [-0.4, -0.2) is 13.0 Å². The molecule has 3 rings (SSSR count). The number of rotatable bonds is 6. The summed E-state index contributed by atoms with van der Waals surface area (Å²) >= 11 is 0. The van der Waals surface area contributed by atoms with Crippen molar-refractivity contribution < 1.29 is 9.53 Å². The van der Waals surface area contributed by atoms with Crippen molar-refractivity contribution in [1.82, 2.24) is 0 Å². The summed E-state index contributed by atoms with van der Waals surface area (Å²) in [5.41, 5.74) is 2.95. The summed E-state index contributed by atoms with van der Waals surface area (Å²) in [7, 11) is 1.63. The number of para-hydroxylation sites is 1. The summed E-state index contributed by atoms with van der Waals surface area (Å²) in [6.07, 6.45) is 0.332. The molecule has 0 saturated carbocycles. The molecule has 0 aliphatic rings. The fraction of sp³-hybridized carbons (Fsp3) is 0.136. The molecule has 0 aliphatic carbocycles. The van der Waals surface area contributed by atoms with Gasteiger partial charge in [-0.3, -0.25) is 4.79 Å². The highest BCUT2D eigenvalue weighted by Gasteiger charge is 2.16. The van der Waals surface area contributed by atoms with Crippen molar-refractivity contribution in [2.75, 3.05) is 12.0 Å². The molecule has 0 heterocycles. The first kappa shape index (κ1) is 16.8. The zero-order valence-corrected chi connectivity index (χ0v) is 14.3. The normalized spacial score (nSPS) is 10.3. The maximum Gasteiger partial charge on any atom is 0.231 e. The van der Waals surface area contributed by atoms with E-state index in [1.54, 1.807) is 7.11 Å². The van der Waals surface area contributed by atoms with Crippen LogP contribution in [0.2, 0.25) is 0 Å². The average molecular weight is 331 g/mol. The van der Waals surface area contributed by atoms with Crippen LogP contribution in [0.3, 0.4) is 0 Å². The van der Waals surface area contributed by atoms with E-state index in [9.17, 15) is 4.79 Å². The smallest absolute Gasteiger partial charge is 0.231 e. The van der Waals surface area contributed by atoms with E-state index in [1.807, 2.05) is 89.8 Å². The highest BCUT2D eigenvalue weighted by molar-refractivity contribution is 5.94. The second-order valence-corrected chi connectivity index (χ2v) is 5.83. The SMILES string of the molecule is COc1cccc(CC(=O)N(Cc2ccccc2)c2ccccc2)c1. The van der Waals surface area contributed by atoms with Gasteiger partial charge in [0.15, 0.2) is 0 Å². The van der Waals surface area contributed by atoms with E-state index in [1.165, 1.54) is 0 Å². The summed E-state index contributed by atoms with van der Waals surface area (Å²) < 4.78 is 5.25. The topological polar surface area (TPSA) is 29.5 Å². The number of anilines is 1. The van der Waals surface area contributed by atoms with Crippen LogP contribution in [0.1, 0.15) is 11.1 Å². The largest absolute Gasteiger partial charge is 0.497 e. The van der Waals surface area contributed by atoms with Crippen LogP contribution in [0, 0.1) is 0 Å². The van der Waals surface area contributed by atoms with Crippen LogP contribution < -0.4 is 9.64 Å². The van der Waals surface area contributed by atoms with Gasteiger partial charge in [0.1, 0.15) is 5.75 Å². The van der Waals surface area contributed by atoms with Crippen molar-refractivity contribution in [3.8, 4) is 5.75 Å². The Morgan fingerprint density at radius 1 is 0.840 bits per heavy atom. The zero-order chi connectivity index (χ0) is 17.5. The lowest BCUT2D eigenvalue weighted by Crippen LogP contribution is -2.31. The summed E-state index contributed by atoms with van der Waals surface area (Å²) in [4.78, 5) is 14.8. The number of nitrogens with zero attached hydrogens (tertiary/aromatic N) is 1. The van der Waals surface area contributed by atoms with Gasteiger partial charge in [-0.2, -0.15) is 0 Å². The minimum atomic E-state index is 0.0586. The lowest BCUT2D eigenvalue weighted by molar-refractivity contribution is -0.118. The van der Waals surface area contributed by atoms with Crippen molar-refractivity contribution in [3.63, 3.8) is 0 Å². The lowest BCUT2D eigenvalue weighted by Gasteiger charge is -2.23. The van der Waals surface area contributed by atoms with Gasteiger partial charge in [-0.15, -0.1) is 0 Å². The van der Waals surface area contributed by atoms with Gasteiger partial charge in [0.05, 0.1) is 20.1 Å². The highest BCUT2D eigenvalue weighted by atomic mass is 16.5. The summed E-state index contributed by atoms with van der Waals surface area (Å²) in [6.45, 7) is 0.549. The number of amides is 1. The van der Waals surface area contributed by atoms with Crippen LogP contribution in [0.15, 0.2) is 84.9 Å². The predicted octanol–water partition coefficient (Wildman–Crippen LogP) is 4.47. The molecule has 0 fully saturated rings. The first-order valence-corrected chi connectivity index (χ1v) is 8.28. The Morgan fingerprint density at radius 3 is 2.16 bits per heavy atom. The second-order valence-electron chi connectivity index (χ2n) is 5.83. The van der Waals surface area contributed by atoms with E-state index in [2.05, 4.69) is 0 Å². The van der Waals surface area contributed by atoms with E-state index >= 15 is 0 Å². The summed E-state index contributed by atoms with van der Waals surface area (Å²) in [5.74, 6) is 0.822. The monoisotopic (exact) mass is 331 g/mol. The first-order valence-electron chi connectivity index (χ1n) is 8.28. The number of hydrogen-bond acceptors (Lipinski definition) is 2. The van der Waals surface area contributed by atoms with E-state index in [-0.39, 0.29) is 5.91 Å². The number of ether oxygens (including phenoxy) is 1. The predicted molar refractivity (Wildman–Crippen MR) is 101 cm³/mol. The summed E-state index contributed by atoms with van der Waals surface area (Å²) in [5, 5.41) is 0. The van der Waals surface area contributed by atoms with Gasteiger partial charge in [-0.1, -0.05) is 60.7 Å². The third-order valence-electron chi connectivity index (χ3n) is 4.04. The zero-order valence-electron chi connectivity index (χ0n) is 14.3. The van der Waals surface area contributed by atoms with Crippen molar-refractivity contribution >= 4 is 11.6 Å². The maximum absolute atomic E-state index is 13.0. The Morgan fingerprint density at radius 2 is 1.48 bits per heavy atom. The summed E-state index contributed by atoms with van der Waals surface area (Å²) in [6, 6.07) is 27.5. The van der Waals surface area contributed by atoms with Gasteiger partial charge in [-0.05, 0) is 35.4 Å². The van der Waals surface area contributed by atoms with E-state index in [0.29, 0.717) is 13.0 Å². The standard InChI is InChI=1S/C22H21NO2/c1-25-21-14-8-11-19(15-21)16-22(24)23(20-12-6-3-7-13-20)17-18-9-4-2-5-10-18/h2-15H,16-17H2,1H3. The molecular weight excluding hydrogens is 310 g/mol. The van der Waals surface area contributed by atoms with E-state index in [0.717, 1.165) is 22.6 Å². The molecule has 0 atom stereocenters. The van der Waals surface area contributed by atoms with Gasteiger partial charge in [0, 0.05) is 5.69 Å². The molecule has 0 saturated heterocycles. The third kappa shape index (κ3) is 4.48. The molecule has 0 bridgehead atoms. The molecule has 0 unspecified atom stereocenters. The molecule has 0 N–H and O–H groups in total. The van der Waals surface area contributed by atoms with Crippen molar-refractivity contribution in [2.24, 2.45) is 0 Å². The minimum Gasteiger partial charge on any atom is -0.497 e. The van der Waals surface area contributed by atoms with Gasteiger partial charge >= 0.3 is 0 Å². The molecule has 3 heteroatoms. The Hall–Kier alpha value is -3.07. The molecule has 3 aromatic carbocycles. The third-order valence-corrected chi connectivity index (χ3v) is 4.04. The molecule has 0 aromatic heterocycles. The number of hydrogen-bond donors (Lipinski definition) is 0. The Balaban J connectivity index is 1.84. The Labute approximate surface area is 148 Å². The van der Waals surface area contributed by atoms with Gasteiger partial charge in [0.25, 0.3) is 0 Å². The number of methoxy groups -OCH3 is 1. The van der Waals surface area contributed by atoms with Crippen LogP contribution in [0.4, 0.5) is 5.69 Å². The van der Waals surface area contributed by atoms with Crippen LogP contribution in [0.25, 0.3) is 0 Å². The highest BCUT2D eigenvalue weighted by Crippen LogP contribution is 2.20. The minimum absolute atomic E-state index is 0.0586. The van der Waals surface area contributed by atoms with Crippen LogP contribution in [-0.2, 0) is 17.8 Å². The Kier molecular flexibility index (Phi) is 5.47. The fourth-order valence-corrected chi connectivity index (χ4v) is 2.75. The lowest BCUT2D eigenvalue weighted by atomic mass is 10.1.